The second-order valence-corrected chi connectivity index (χ2v) is 5.83. The fourth-order valence-electron chi connectivity index (χ4n) is 1.23. The number of nitriles is 1. The predicted molar refractivity (Wildman–Crippen MR) is 68.5 cm³/mol. The number of hydrogen-bond donors (Lipinski definition) is 1. The molecule has 0 aromatic heterocycles. The van der Waals surface area contributed by atoms with Gasteiger partial charge in [-0.15, -0.1) is 0 Å². The molecule has 17 heavy (non-hydrogen) atoms. The lowest BCUT2D eigenvalue weighted by atomic mass is 10.2. The Bertz CT molecular complexity index is 535. The Balaban J connectivity index is 2.91. The molecule has 6 heteroatoms. The van der Waals surface area contributed by atoms with Crippen LogP contribution in [-0.4, -0.2) is 14.2 Å². The van der Waals surface area contributed by atoms with Gasteiger partial charge in [-0.2, -0.15) is 5.26 Å². The van der Waals surface area contributed by atoms with E-state index < -0.39 is 10.0 Å². The molecule has 92 valence electrons. The van der Waals surface area contributed by atoms with Crippen molar-refractivity contribution in [1.29, 1.82) is 5.26 Å². The average molecular weight is 273 g/mol. The minimum absolute atomic E-state index is 0.0522. The maximum absolute atomic E-state index is 11.7. The molecule has 0 saturated carbocycles. The van der Waals surface area contributed by atoms with E-state index in [2.05, 4.69) is 4.72 Å². The van der Waals surface area contributed by atoms with E-state index in [9.17, 15) is 8.42 Å². The van der Waals surface area contributed by atoms with Crippen LogP contribution in [0.4, 0.5) is 5.69 Å². The first-order valence-electron chi connectivity index (χ1n) is 5.18. The third kappa shape index (κ3) is 4.25. The second kappa shape index (κ2) is 5.89. The van der Waals surface area contributed by atoms with Crippen molar-refractivity contribution in [3.05, 3.63) is 28.8 Å². The number of anilines is 1. The Morgan fingerprint density at radius 2 is 2.18 bits per heavy atom. The van der Waals surface area contributed by atoms with Crippen molar-refractivity contribution in [1.82, 2.24) is 0 Å². The minimum Gasteiger partial charge on any atom is -0.282 e. The molecule has 0 unspecified atom stereocenters. The van der Waals surface area contributed by atoms with Crippen LogP contribution in [0.5, 0.6) is 0 Å². The first-order valence-corrected chi connectivity index (χ1v) is 7.21. The van der Waals surface area contributed by atoms with E-state index in [-0.39, 0.29) is 16.5 Å². The summed E-state index contributed by atoms with van der Waals surface area (Å²) in [4.78, 5) is 0. The van der Waals surface area contributed by atoms with Gasteiger partial charge in [-0.25, -0.2) is 8.42 Å². The van der Waals surface area contributed by atoms with Gasteiger partial charge in [-0.05, 0) is 24.6 Å². The summed E-state index contributed by atoms with van der Waals surface area (Å²) < 4.78 is 25.7. The fourth-order valence-corrected chi connectivity index (χ4v) is 2.72. The van der Waals surface area contributed by atoms with Gasteiger partial charge >= 0.3 is 0 Å². The van der Waals surface area contributed by atoms with Gasteiger partial charge in [0, 0.05) is 0 Å². The third-order valence-electron chi connectivity index (χ3n) is 2.13. The van der Waals surface area contributed by atoms with Crippen molar-refractivity contribution in [2.45, 2.75) is 19.8 Å². The van der Waals surface area contributed by atoms with Crippen molar-refractivity contribution in [2.75, 3.05) is 10.5 Å². The maximum Gasteiger partial charge on any atom is 0.232 e. The summed E-state index contributed by atoms with van der Waals surface area (Å²) in [5.41, 5.74) is 0.615. The number of halogens is 1. The van der Waals surface area contributed by atoms with Crippen molar-refractivity contribution in [3.63, 3.8) is 0 Å². The van der Waals surface area contributed by atoms with Crippen molar-refractivity contribution in [3.8, 4) is 6.07 Å². The highest BCUT2D eigenvalue weighted by Crippen LogP contribution is 2.24. The molecular formula is C11H13ClN2O2S. The lowest BCUT2D eigenvalue weighted by Crippen LogP contribution is -2.16. The zero-order valence-corrected chi connectivity index (χ0v) is 11.0. The molecule has 1 aromatic carbocycles. The SMILES string of the molecule is CCCCS(=O)(=O)Nc1cc(C#N)ccc1Cl. The molecule has 0 amide bonds. The van der Waals surface area contributed by atoms with E-state index in [4.69, 9.17) is 16.9 Å². The first kappa shape index (κ1) is 13.8. The molecule has 0 saturated heterocycles. The summed E-state index contributed by atoms with van der Waals surface area (Å²) in [5.74, 6) is 0.0522. The van der Waals surface area contributed by atoms with Crippen LogP contribution < -0.4 is 4.72 Å². The standard InChI is InChI=1S/C11H13ClN2O2S/c1-2-3-6-17(15,16)14-11-7-9(8-13)4-5-10(11)12/h4-5,7,14H,2-3,6H2,1H3. The molecule has 0 aliphatic carbocycles. The summed E-state index contributed by atoms with van der Waals surface area (Å²) >= 11 is 5.86. The van der Waals surface area contributed by atoms with E-state index in [0.717, 1.165) is 6.42 Å². The highest BCUT2D eigenvalue weighted by molar-refractivity contribution is 7.92. The van der Waals surface area contributed by atoms with Gasteiger partial charge in [0.05, 0.1) is 28.1 Å². The van der Waals surface area contributed by atoms with E-state index >= 15 is 0 Å². The van der Waals surface area contributed by atoms with Gasteiger partial charge in [-0.3, -0.25) is 4.72 Å². The smallest absolute Gasteiger partial charge is 0.232 e. The van der Waals surface area contributed by atoms with E-state index in [0.29, 0.717) is 12.0 Å². The topological polar surface area (TPSA) is 70.0 Å². The highest BCUT2D eigenvalue weighted by Gasteiger charge is 2.12. The quantitative estimate of drug-likeness (QED) is 0.896. The van der Waals surface area contributed by atoms with Gasteiger partial charge in [0.15, 0.2) is 0 Å². The number of unbranched alkanes of at least 4 members (excludes halogenated alkanes) is 1. The van der Waals surface area contributed by atoms with Crippen molar-refractivity contribution in [2.24, 2.45) is 0 Å². The molecule has 1 N–H and O–H groups in total. The molecule has 0 radical (unpaired) electrons. The van der Waals surface area contributed by atoms with E-state index in [1.807, 2.05) is 13.0 Å². The Labute approximate surface area is 106 Å². The van der Waals surface area contributed by atoms with Crippen LogP contribution in [0, 0.1) is 11.3 Å². The summed E-state index contributed by atoms with van der Waals surface area (Å²) in [7, 11) is -3.39. The van der Waals surface area contributed by atoms with Crippen LogP contribution in [0.15, 0.2) is 18.2 Å². The van der Waals surface area contributed by atoms with E-state index in [1.165, 1.54) is 18.2 Å². The normalized spacial score (nSPS) is 10.9. The average Bonchev–Trinajstić information content (AvgIpc) is 2.29. The Morgan fingerprint density at radius 1 is 1.47 bits per heavy atom. The molecule has 0 heterocycles. The van der Waals surface area contributed by atoms with Gasteiger partial charge < -0.3 is 0 Å². The zero-order valence-electron chi connectivity index (χ0n) is 9.40. The Morgan fingerprint density at radius 3 is 2.76 bits per heavy atom. The number of benzene rings is 1. The number of nitrogens with one attached hydrogen (secondary N) is 1. The van der Waals surface area contributed by atoms with Gasteiger partial charge in [0.1, 0.15) is 0 Å². The third-order valence-corrected chi connectivity index (χ3v) is 3.81. The molecule has 0 fully saturated rings. The molecule has 0 aliphatic rings. The molecule has 0 atom stereocenters. The maximum atomic E-state index is 11.7. The van der Waals surface area contributed by atoms with Crippen molar-refractivity contribution < 1.29 is 8.42 Å². The zero-order chi connectivity index (χ0) is 12.9. The number of nitrogens with zero attached hydrogens (tertiary/aromatic N) is 1. The van der Waals surface area contributed by atoms with Crippen LogP contribution in [0.25, 0.3) is 0 Å². The highest BCUT2D eigenvalue weighted by atomic mass is 35.5. The lowest BCUT2D eigenvalue weighted by molar-refractivity contribution is 0.598. The second-order valence-electron chi connectivity index (χ2n) is 3.58. The summed E-state index contributed by atoms with van der Waals surface area (Å²) in [6.45, 7) is 1.92. The summed E-state index contributed by atoms with van der Waals surface area (Å²) in [5, 5.41) is 9.00. The van der Waals surface area contributed by atoms with E-state index in [1.54, 1.807) is 0 Å². The molecular weight excluding hydrogens is 260 g/mol. The molecule has 0 bridgehead atoms. The Hall–Kier alpha value is -1.25. The number of hydrogen-bond acceptors (Lipinski definition) is 3. The largest absolute Gasteiger partial charge is 0.282 e. The Kier molecular flexibility index (Phi) is 4.79. The number of rotatable bonds is 5. The van der Waals surface area contributed by atoms with Crippen molar-refractivity contribution >= 4 is 27.3 Å². The van der Waals surface area contributed by atoms with Gasteiger partial charge in [0.2, 0.25) is 10.0 Å². The molecule has 4 nitrogen and oxygen atoms in total. The van der Waals surface area contributed by atoms with Crippen LogP contribution in [-0.2, 0) is 10.0 Å². The fraction of sp³-hybridized carbons (Fsp3) is 0.364. The lowest BCUT2D eigenvalue weighted by Gasteiger charge is -2.09. The van der Waals surface area contributed by atoms with Crippen LogP contribution >= 0.6 is 11.6 Å². The van der Waals surface area contributed by atoms with Gasteiger partial charge in [-0.1, -0.05) is 24.9 Å². The van der Waals surface area contributed by atoms with Crippen LogP contribution in [0.1, 0.15) is 25.3 Å². The summed E-state index contributed by atoms with van der Waals surface area (Å²) in [6, 6.07) is 6.38. The predicted octanol–water partition coefficient (Wildman–Crippen LogP) is 2.75. The summed E-state index contributed by atoms with van der Waals surface area (Å²) in [6.07, 6.45) is 1.39. The minimum atomic E-state index is -3.39. The molecule has 1 aromatic rings. The van der Waals surface area contributed by atoms with Gasteiger partial charge in [0.25, 0.3) is 0 Å². The van der Waals surface area contributed by atoms with Crippen LogP contribution in [0.3, 0.4) is 0 Å². The number of sulfonamides is 1. The first-order chi connectivity index (χ1) is 7.98. The molecule has 0 spiro atoms. The molecule has 1 rings (SSSR count). The molecule has 0 aliphatic heterocycles. The monoisotopic (exact) mass is 272 g/mol. The van der Waals surface area contributed by atoms with Crippen LogP contribution in [0.2, 0.25) is 5.02 Å².